The number of carbonyl (C=O) groups excluding carboxylic acids is 1. The fraction of sp³-hybridized carbons (Fsp3) is 0.176. The van der Waals surface area contributed by atoms with Crippen LogP contribution in [0.25, 0.3) is 0 Å². The predicted molar refractivity (Wildman–Crippen MR) is 89.9 cm³/mol. The summed E-state index contributed by atoms with van der Waals surface area (Å²) in [5.74, 6) is 0.649. The van der Waals surface area contributed by atoms with E-state index in [4.69, 9.17) is 23.2 Å². The number of carbonyl (C=O) groups is 1. The van der Waals surface area contributed by atoms with E-state index in [2.05, 4.69) is 4.99 Å². The van der Waals surface area contributed by atoms with Gasteiger partial charge in [0, 0.05) is 18.0 Å². The minimum absolute atomic E-state index is 0.131. The summed E-state index contributed by atoms with van der Waals surface area (Å²) in [5.41, 5.74) is 1.58. The molecule has 0 spiro atoms. The maximum Gasteiger partial charge on any atom is 0.260 e. The zero-order valence-corrected chi connectivity index (χ0v) is 13.3. The summed E-state index contributed by atoms with van der Waals surface area (Å²) < 4.78 is 0. The third-order valence-corrected chi connectivity index (χ3v) is 4.09. The maximum absolute atomic E-state index is 12.7. The quantitative estimate of drug-likeness (QED) is 0.833. The molecule has 0 N–H and O–H groups in total. The number of nitrogens with zero attached hydrogens (tertiary/aromatic N) is 2. The van der Waals surface area contributed by atoms with Gasteiger partial charge in [-0.25, -0.2) is 0 Å². The molecular weight excluding hydrogens is 319 g/mol. The topological polar surface area (TPSA) is 32.7 Å². The molecule has 2 aromatic rings. The van der Waals surface area contributed by atoms with Crippen LogP contribution in [-0.4, -0.2) is 29.7 Å². The highest BCUT2D eigenvalue weighted by Gasteiger charge is 2.26. The zero-order chi connectivity index (χ0) is 15.5. The van der Waals surface area contributed by atoms with Gasteiger partial charge >= 0.3 is 0 Å². The Morgan fingerprint density at radius 1 is 1.14 bits per heavy atom. The molecule has 0 radical (unpaired) electrons. The molecule has 3 nitrogen and oxygen atoms in total. The molecule has 1 aliphatic heterocycles. The summed E-state index contributed by atoms with van der Waals surface area (Å²) in [6, 6.07) is 14.9. The lowest BCUT2D eigenvalue weighted by Crippen LogP contribution is -2.35. The molecule has 22 heavy (non-hydrogen) atoms. The van der Waals surface area contributed by atoms with Gasteiger partial charge in [-0.15, -0.1) is 0 Å². The highest BCUT2D eigenvalue weighted by Crippen LogP contribution is 2.23. The van der Waals surface area contributed by atoms with Crippen LogP contribution in [0.5, 0.6) is 0 Å². The van der Waals surface area contributed by atoms with Gasteiger partial charge in [-0.05, 0) is 23.8 Å². The SMILES string of the molecule is O=C(c1ccc(Cl)cc1Cl)N1CCN=C1Cc1ccccc1. The summed E-state index contributed by atoms with van der Waals surface area (Å²) >= 11 is 12.0. The Balaban J connectivity index is 1.81. The van der Waals surface area contributed by atoms with Gasteiger partial charge in [0.2, 0.25) is 0 Å². The van der Waals surface area contributed by atoms with Gasteiger partial charge in [0.05, 0.1) is 17.1 Å². The highest BCUT2D eigenvalue weighted by atomic mass is 35.5. The van der Waals surface area contributed by atoms with Gasteiger partial charge in [0.15, 0.2) is 0 Å². The Morgan fingerprint density at radius 2 is 1.91 bits per heavy atom. The average Bonchev–Trinajstić information content (AvgIpc) is 2.96. The number of amidine groups is 1. The van der Waals surface area contributed by atoms with Crippen molar-refractivity contribution in [2.24, 2.45) is 4.99 Å². The molecule has 5 heteroatoms. The molecule has 112 valence electrons. The fourth-order valence-corrected chi connectivity index (χ4v) is 2.94. The number of hydrogen-bond donors (Lipinski definition) is 0. The fourth-order valence-electron chi connectivity index (χ4n) is 2.45. The maximum atomic E-state index is 12.7. The average molecular weight is 333 g/mol. The number of hydrogen-bond acceptors (Lipinski definition) is 2. The van der Waals surface area contributed by atoms with E-state index >= 15 is 0 Å². The first-order valence-electron chi connectivity index (χ1n) is 6.99. The van der Waals surface area contributed by atoms with E-state index in [1.807, 2.05) is 30.3 Å². The third-order valence-electron chi connectivity index (χ3n) is 3.54. The monoisotopic (exact) mass is 332 g/mol. The van der Waals surface area contributed by atoms with E-state index in [-0.39, 0.29) is 5.91 Å². The molecule has 0 saturated carbocycles. The van der Waals surface area contributed by atoms with Crippen molar-refractivity contribution in [3.8, 4) is 0 Å². The van der Waals surface area contributed by atoms with Crippen molar-refractivity contribution in [1.82, 2.24) is 4.90 Å². The second-order valence-corrected chi connectivity index (χ2v) is 5.88. The Hall–Kier alpha value is -1.84. The number of amides is 1. The molecule has 0 bridgehead atoms. The molecule has 0 saturated heterocycles. The van der Waals surface area contributed by atoms with Crippen molar-refractivity contribution < 1.29 is 4.79 Å². The van der Waals surface area contributed by atoms with Crippen LogP contribution in [-0.2, 0) is 6.42 Å². The molecule has 0 fully saturated rings. The van der Waals surface area contributed by atoms with Crippen LogP contribution in [0, 0.1) is 0 Å². The van der Waals surface area contributed by atoms with Crippen molar-refractivity contribution in [3.05, 3.63) is 69.7 Å². The van der Waals surface area contributed by atoms with E-state index in [0.717, 1.165) is 11.4 Å². The molecule has 1 aliphatic rings. The summed E-state index contributed by atoms with van der Waals surface area (Å²) in [5, 5.41) is 0.879. The van der Waals surface area contributed by atoms with Crippen LogP contribution >= 0.6 is 23.2 Å². The van der Waals surface area contributed by atoms with E-state index in [9.17, 15) is 4.79 Å². The minimum atomic E-state index is -0.131. The Labute approximate surface area is 139 Å². The van der Waals surface area contributed by atoms with Crippen molar-refractivity contribution in [1.29, 1.82) is 0 Å². The van der Waals surface area contributed by atoms with Crippen molar-refractivity contribution >= 4 is 34.9 Å². The smallest absolute Gasteiger partial charge is 0.260 e. The summed E-state index contributed by atoms with van der Waals surface area (Å²) in [6.07, 6.45) is 0.637. The number of benzene rings is 2. The van der Waals surface area contributed by atoms with E-state index < -0.39 is 0 Å². The largest absolute Gasteiger partial charge is 0.294 e. The van der Waals surface area contributed by atoms with E-state index in [1.165, 1.54) is 0 Å². The predicted octanol–water partition coefficient (Wildman–Crippen LogP) is 4.09. The Bertz CT molecular complexity index is 729. The molecule has 1 amide bonds. The van der Waals surface area contributed by atoms with Gasteiger partial charge < -0.3 is 0 Å². The summed E-state index contributed by atoms with van der Waals surface area (Å²) in [6.45, 7) is 1.21. The zero-order valence-electron chi connectivity index (χ0n) is 11.8. The van der Waals surface area contributed by atoms with E-state index in [1.54, 1.807) is 23.1 Å². The van der Waals surface area contributed by atoms with Crippen LogP contribution in [0.2, 0.25) is 10.0 Å². The number of aliphatic imine (C=N–C) groups is 1. The molecular formula is C17H14Cl2N2O. The van der Waals surface area contributed by atoms with Crippen LogP contribution in [0.1, 0.15) is 15.9 Å². The molecule has 0 aromatic heterocycles. The van der Waals surface area contributed by atoms with Gasteiger partial charge in [-0.3, -0.25) is 14.7 Å². The number of rotatable bonds is 3. The van der Waals surface area contributed by atoms with Crippen molar-refractivity contribution in [2.45, 2.75) is 6.42 Å². The van der Waals surface area contributed by atoms with Crippen molar-refractivity contribution in [3.63, 3.8) is 0 Å². The van der Waals surface area contributed by atoms with Crippen LogP contribution in [0.3, 0.4) is 0 Å². The number of halogens is 2. The van der Waals surface area contributed by atoms with E-state index in [0.29, 0.717) is 35.1 Å². The van der Waals surface area contributed by atoms with Gasteiger partial charge in [0.25, 0.3) is 5.91 Å². The lowest BCUT2D eigenvalue weighted by atomic mass is 10.1. The summed E-state index contributed by atoms with van der Waals surface area (Å²) in [7, 11) is 0. The highest BCUT2D eigenvalue weighted by molar-refractivity contribution is 6.37. The third kappa shape index (κ3) is 3.16. The Kier molecular flexibility index (Phi) is 4.46. The normalized spacial score (nSPS) is 14.1. The molecule has 0 aliphatic carbocycles. The standard InChI is InChI=1S/C17H14Cl2N2O/c18-13-6-7-14(15(19)11-13)17(22)21-9-8-20-16(21)10-12-4-2-1-3-5-12/h1-7,11H,8-10H2. The van der Waals surface area contributed by atoms with Gasteiger partial charge in [0.1, 0.15) is 5.84 Å². The minimum Gasteiger partial charge on any atom is -0.294 e. The molecule has 3 rings (SSSR count). The van der Waals surface area contributed by atoms with Crippen molar-refractivity contribution in [2.75, 3.05) is 13.1 Å². The van der Waals surface area contributed by atoms with Crippen LogP contribution < -0.4 is 0 Å². The molecule has 0 unspecified atom stereocenters. The molecule has 0 atom stereocenters. The first-order valence-corrected chi connectivity index (χ1v) is 7.75. The lowest BCUT2D eigenvalue weighted by molar-refractivity contribution is 0.0856. The molecule has 1 heterocycles. The Morgan fingerprint density at radius 3 is 2.64 bits per heavy atom. The van der Waals surface area contributed by atoms with Gasteiger partial charge in [-0.1, -0.05) is 53.5 Å². The first kappa shape index (κ1) is 15.1. The van der Waals surface area contributed by atoms with Gasteiger partial charge in [-0.2, -0.15) is 0 Å². The summed E-state index contributed by atoms with van der Waals surface area (Å²) in [4.78, 5) is 18.9. The molecule has 2 aromatic carbocycles. The van der Waals surface area contributed by atoms with Crippen LogP contribution in [0.4, 0.5) is 0 Å². The van der Waals surface area contributed by atoms with Crippen LogP contribution in [0.15, 0.2) is 53.5 Å². The first-order chi connectivity index (χ1) is 10.6. The second kappa shape index (κ2) is 6.51. The lowest BCUT2D eigenvalue weighted by Gasteiger charge is -2.19. The second-order valence-electron chi connectivity index (χ2n) is 5.04.